The minimum atomic E-state index is -3.04. The lowest BCUT2D eigenvalue weighted by Crippen LogP contribution is -2.19. The van der Waals surface area contributed by atoms with E-state index in [2.05, 4.69) is 15.9 Å². The van der Waals surface area contributed by atoms with Crippen LogP contribution < -0.4 is 0 Å². The number of carbonyl (C=O) groups excluding carboxylic acids is 1. The summed E-state index contributed by atoms with van der Waals surface area (Å²) < 4.78 is 32.7. The first kappa shape index (κ1) is 11.7. The molecule has 0 aromatic carbocycles. The van der Waals surface area contributed by atoms with E-state index in [-0.39, 0.29) is 17.3 Å². The Morgan fingerprint density at radius 2 is 2.25 bits per heavy atom. The number of ether oxygens (including phenoxy) is 1. The van der Waals surface area contributed by atoms with Crippen LogP contribution in [0.2, 0.25) is 0 Å². The normalized spacial score (nSPS) is 23.2. The number of esters is 1. The Labute approximate surface area is 101 Å². The average molecular weight is 309 g/mol. The Morgan fingerprint density at radius 3 is 2.75 bits per heavy atom. The molecule has 0 bridgehead atoms. The summed E-state index contributed by atoms with van der Waals surface area (Å²) in [6.07, 6.45) is -0.197. The van der Waals surface area contributed by atoms with E-state index in [0.29, 0.717) is 11.1 Å². The van der Waals surface area contributed by atoms with E-state index in [9.17, 15) is 13.2 Å². The maximum Gasteiger partial charge on any atom is 0.374 e. The Balaban J connectivity index is 1.99. The van der Waals surface area contributed by atoms with Crippen molar-refractivity contribution in [2.75, 3.05) is 11.5 Å². The second-order valence-corrected chi connectivity index (χ2v) is 6.54. The lowest BCUT2D eigenvalue weighted by molar-refractivity contribution is 0.0318. The number of halogens is 1. The van der Waals surface area contributed by atoms with Crippen molar-refractivity contribution < 1.29 is 22.4 Å². The van der Waals surface area contributed by atoms with Crippen LogP contribution in [0.4, 0.5) is 0 Å². The van der Waals surface area contributed by atoms with Crippen molar-refractivity contribution >= 4 is 31.7 Å². The van der Waals surface area contributed by atoms with Gasteiger partial charge in [-0.25, -0.2) is 13.2 Å². The highest BCUT2D eigenvalue weighted by Crippen LogP contribution is 2.19. The fraction of sp³-hybridized carbons (Fsp3) is 0.444. The topological polar surface area (TPSA) is 73.6 Å². The third kappa shape index (κ3) is 2.65. The standard InChI is InChI=1S/C9H9BrO5S/c10-8-2-1-7(15-8)9(11)14-6-3-4-16(12,13)5-6/h1-2,6H,3-5H2. The van der Waals surface area contributed by atoms with Crippen LogP contribution in [0, 0.1) is 0 Å². The number of sulfone groups is 1. The highest BCUT2D eigenvalue weighted by Gasteiger charge is 2.31. The molecule has 7 heteroatoms. The van der Waals surface area contributed by atoms with Crippen LogP contribution >= 0.6 is 15.9 Å². The Kier molecular flexibility index (Phi) is 3.07. The number of hydrogen-bond donors (Lipinski definition) is 0. The molecular formula is C9H9BrO5S. The van der Waals surface area contributed by atoms with E-state index >= 15 is 0 Å². The van der Waals surface area contributed by atoms with Gasteiger partial charge in [0.15, 0.2) is 14.5 Å². The summed E-state index contributed by atoms with van der Waals surface area (Å²) in [5.74, 6) is -0.586. The minimum Gasteiger partial charge on any atom is -0.455 e. The van der Waals surface area contributed by atoms with E-state index in [1.54, 1.807) is 6.07 Å². The predicted octanol–water partition coefficient (Wildman–Crippen LogP) is 1.39. The molecule has 0 N–H and O–H groups in total. The highest BCUT2D eigenvalue weighted by atomic mass is 79.9. The summed E-state index contributed by atoms with van der Waals surface area (Å²) in [6.45, 7) is 0. The number of furan rings is 1. The molecule has 1 aliphatic rings. The average Bonchev–Trinajstić information content (AvgIpc) is 2.73. The van der Waals surface area contributed by atoms with Crippen LogP contribution in [0.25, 0.3) is 0 Å². The lowest BCUT2D eigenvalue weighted by atomic mass is 10.3. The maximum atomic E-state index is 11.5. The Morgan fingerprint density at radius 1 is 1.50 bits per heavy atom. The Hall–Kier alpha value is -0.820. The van der Waals surface area contributed by atoms with Gasteiger partial charge < -0.3 is 9.15 Å². The highest BCUT2D eigenvalue weighted by molar-refractivity contribution is 9.10. The van der Waals surface area contributed by atoms with E-state index in [0.717, 1.165) is 0 Å². The van der Waals surface area contributed by atoms with Gasteiger partial charge in [-0.1, -0.05) is 0 Å². The quantitative estimate of drug-likeness (QED) is 0.772. The molecule has 16 heavy (non-hydrogen) atoms. The molecule has 1 aromatic heterocycles. The second kappa shape index (κ2) is 4.21. The van der Waals surface area contributed by atoms with Gasteiger partial charge >= 0.3 is 5.97 Å². The summed E-state index contributed by atoms with van der Waals surface area (Å²) >= 11 is 3.06. The molecule has 5 nitrogen and oxygen atoms in total. The molecule has 1 unspecified atom stereocenters. The third-order valence-electron chi connectivity index (χ3n) is 2.24. The fourth-order valence-electron chi connectivity index (χ4n) is 1.49. The first-order valence-electron chi connectivity index (χ1n) is 4.63. The van der Waals surface area contributed by atoms with E-state index in [4.69, 9.17) is 9.15 Å². The molecule has 0 spiro atoms. The molecule has 1 atom stereocenters. The maximum absolute atomic E-state index is 11.5. The molecule has 1 aromatic rings. The van der Waals surface area contributed by atoms with Crippen molar-refractivity contribution in [3.8, 4) is 0 Å². The molecule has 0 aliphatic carbocycles. The third-order valence-corrected chi connectivity index (χ3v) is 4.40. The monoisotopic (exact) mass is 308 g/mol. The summed E-state index contributed by atoms with van der Waals surface area (Å²) in [5, 5.41) is 0. The minimum absolute atomic E-state index is 0.0659. The SMILES string of the molecule is O=C(OC1CCS(=O)(=O)C1)c1ccc(Br)o1. The Bertz CT molecular complexity index is 504. The van der Waals surface area contributed by atoms with Gasteiger partial charge in [0.05, 0.1) is 11.5 Å². The molecule has 2 heterocycles. The summed E-state index contributed by atoms with van der Waals surface area (Å²) in [4.78, 5) is 11.5. The first-order valence-corrected chi connectivity index (χ1v) is 7.24. The zero-order chi connectivity index (χ0) is 11.8. The van der Waals surface area contributed by atoms with Gasteiger partial charge in [-0.15, -0.1) is 0 Å². The van der Waals surface area contributed by atoms with E-state index in [1.165, 1.54) is 6.07 Å². The van der Waals surface area contributed by atoms with Crippen LogP contribution in [0.15, 0.2) is 21.2 Å². The second-order valence-electron chi connectivity index (χ2n) is 3.53. The summed E-state index contributed by atoms with van der Waals surface area (Å²) in [7, 11) is -3.04. The van der Waals surface area contributed by atoms with Crippen molar-refractivity contribution in [1.82, 2.24) is 0 Å². The largest absolute Gasteiger partial charge is 0.455 e. The van der Waals surface area contributed by atoms with Crippen molar-refractivity contribution in [3.05, 3.63) is 22.6 Å². The fourth-order valence-corrected chi connectivity index (χ4v) is 3.38. The first-order chi connectivity index (χ1) is 7.46. The number of carbonyl (C=O) groups is 1. The van der Waals surface area contributed by atoms with Gasteiger partial charge in [0.1, 0.15) is 6.10 Å². The van der Waals surface area contributed by atoms with Gasteiger partial charge in [-0.3, -0.25) is 0 Å². The van der Waals surface area contributed by atoms with Crippen molar-refractivity contribution in [2.24, 2.45) is 0 Å². The van der Waals surface area contributed by atoms with Crippen molar-refractivity contribution in [2.45, 2.75) is 12.5 Å². The zero-order valence-electron chi connectivity index (χ0n) is 8.18. The smallest absolute Gasteiger partial charge is 0.374 e. The van der Waals surface area contributed by atoms with Crippen LogP contribution in [-0.2, 0) is 14.6 Å². The van der Waals surface area contributed by atoms with E-state index in [1.807, 2.05) is 0 Å². The van der Waals surface area contributed by atoms with Crippen LogP contribution in [0.5, 0.6) is 0 Å². The van der Waals surface area contributed by atoms with Gasteiger partial charge in [0.2, 0.25) is 5.76 Å². The van der Waals surface area contributed by atoms with Crippen molar-refractivity contribution in [3.63, 3.8) is 0 Å². The summed E-state index contributed by atoms with van der Waals surface area (Å²) in [5.41, 5.74) is 0. The molecule has 1 fully saturated rings. The lowest BCUT2D eigenvalue weighted by Gasteiger charge is -2.07. The predicted molar refractivity (Wildman–Crippen MR) is 58.9 cm³/mol. The van der Waals surface area contributed by atoms with Gasteiger partial charge in [-0.2, -0.15) is 0 Å². The molecule has 0 amide bonds. The number of rotatable bonds is 2. The molecule has 1 aliphatic heterocycles. The molecule has 0 radical (unpaired) electrons. The van der Waals surface area contributed by atoms with Crippen LogP contribution in [-0.4, -0.2) is 32.0 Å². The van der Waals surface area contributed by atoms with Crippen LogP contribution in [0.3, 0.4) is 0 Å². The van der Waals surface area contributed by atoms with Gasteiger partial charge in [0.25, 0.3) is 0 Å². The molecule has 0 saturated carbocycles. The van der Waals surface area contributed by atoms with Crippen LogP contribution in [0.1, 0.15) is 17.0 Å². The molecular weight excluding hydrogens is 300 g/mol. The molecule has 2 rings (SSSR count). The summed E-state index contributed by atoms with van der Waals surface area (Å²) in [6, 6.07) is 3.04. The van der Waals surface area contributed by atoms with Gasteiger partial charge in [-0.05, 0) is 34.5 Å². The van der Waals surface area contributed by atoms with E-state index < -0.39 is 21.9 Å². The van der Waals surface area contributed by atoms with Crippen molar-refractivity contribution in [1.29, 1.82) is 0 Å². The zero-order valence-corrected chi connectivity index (χ0v) is 10.6. The van der Waals surface area contributed by atoms with Gasteiger partial charge in [0, 0.05) is 0 Å². The number of hydrogen-bond acceptors (Lipinski definition) is 5. The molecule has 88 valence electrons. The molecule has 1 saturated heterocycles.